The molecule has 0 aliphatic rings. The molecule has 20 heavy (non-hydrogen) atoms. The monoisotopic (exact) mass is 338 g/mol. The summed E-state index contributed by atoms with van der Waals surface area (Å²) in [5, 5.41) is 3.21. The Balaban J connectivity index is 1.93. The summed E-state index contributed by atoms with van der Waals surface area (Å²) in [5.74, 6) is 0.427. The van der Waals surface area contributed by atoms with Crippen molar-refractivity contribution in [1.82, 2.24) is 10.3 Å². The number of rotatable bonds is 6. The predicted octanol–water partition coefficient (Wildman–Crippen LogP) is 3.67. The number of halogens is 2. The summed E-state index contributed by atoms with van der Waals surface area (Å²) in [4.78, 5) is 4.31. The van der Waals surface area contributed by atoms with Gasteiger partial charge in [0.05, 0.1) is 11.9 Å². The van der Waals surface area contributed by atoms with Gasteiger partial charge in [0.2, 0.25) is 0 Å². The van der Waals surface area contributed by atoms with E-state index in [1.54, 1.807) is 12.3 Å². The number of ether oxygens (including phenoxy) is 1. The number of nitrogens with zero attached hydrogens (tertiary/aromatic N) is 1. The Morgan fingerprint density at radius 1 is 1.30 bits per heavy atom. The standard InChI is InChI=1S/C15H16BrFN2O/c1-2-18-8-13-5-6-14(9-19-13)20-10-11-3-4-12(17)7-15(11)16/h3-7,9,18H,2,8,10H2,1H3. The fourth-order valence-corrected chi connectivity index (χ4v) is 2.12. The molecule has 106 valence electrons. The van der Waals surface area contributed by atoms with Crippen molar-refractivity contribution in [2.45, 2.75) is 20.1 Å². The Labute approximate surface area is 126 Å². The number of aromatic nitrogens is 1. The van der Waals surface area contributed by atoms with Crippen molar-refractivity contribution in [2.75, 3.05) is 6.54 Å². The molecule has 0 saturated carbocycles. The van der Waals surface area contributed by atoms with E-state index >= 15 is 0 Å². The molecule has 0 saturated heterocycles. The summed E-state index contributed by atoms with van der Waals surface area (Å²) in [6.07, 6.45) is 1.70. The van der Waals surface area contributed by atoms with Gasteiger partial charge in [0, 0.05) is 16.6 Å². The molecule has 3 nitrogen and oxygen atoms in total. The highest BCUT2D eigenvalue weighted by Gasteiger charge is 2.03. The zero-order chi connectivity index (χ0) is 14.4. The summed E-state index contributed by atoms with van der Waals surface area (Å²) in [6, 6.07) is 8.36. The highest BCUT2D eigenvalue weighted by atomic mass is 79.9. The second kappa shape index (κ2) is 7.36. The first kappa shape index (κ1) is 14.9. The number of hydrogen-bond acceptors (Lipinski definition) is 3. The van der Waals surface area contributed by atoms with Crippen molar-refractivity contribution in [2.24, 2.45) is 0 Å². The van der Waals surface area contributed by atoms with Gasteiger partial charge in [-0.2, -0.15) is 0 Å². The van der Waals surface area contributed by atoms with Crippen molar-refractivity contribution >= 4 is 15.9 Å². The summed E-state index contributed by atoms with van der Waals surface area (Å²) >= 11 is 3.32. The highest BCUT2D eigenvalue weighted by Crippen LogP contribution is 2.20. The molecule has 1 aromatic heterocycles. The lowest BCUT2D eigenvalue weighted by Gasteiger charge is -2.08. The van der Waals surface area contributed by atoms with Crippen LogP contribution in [0.25, 0.3) is 0 Å². The Morgan fingerprint density at radius 3 is 2.80 bits per heavy atom. The first-order valence-electron chi connectivity index (χ1n) is 6.41. The lowest BCUT2D eigenvalue weighted by molar-refractivity contribution is 0.304. The number of benzene rings is 1. The summed E-state index contributed by atoms with van der Waals surface area (Å²) in [7, 11) is 0. The van der Waals surface area contributed by atoms with Gasteiger partial charge in [-0.15, -0.1) is 0 Å². The largest absolute Gasteiger partial charge is 0.487 e. The van der Waals surface area contributed by atoms with Crippen LogP contribution in [0.15, 0.2) is 41.0 Å². The minimum absolute atomic E-state index is 0.268. The smallest absolute Gasteiger partial charge is 0.138 e. The minimum atomic E-state index is -0.268. The van der Waals surface area contributed by atoms with Crippen LogP contribution in [0, 0.1) is 5.82 Å². The predicted molar refractivity (Wildman–Crippen MR) is 80.0 cm³/mol. The number of hydrogen-bond donors (Lipinski definition) is 1. The van der Waals surface area contributed by atoms with E-state index in [9.17, 15) is 4.39 Å². The highest BCUT2D eigenvalue weighted by molar-refractivity contribution is 9.10. The quantitative estimate of drug-likeness (QED) is 0.872. The summed E-state index contributed by atoms with van der Waals surface area (Å²) in [6.45, 7) is 4.09. The van der Waals surface area contributed by atoms with Crippen LogP contribution in [0.5, 0.6) is 5.75 Å². The fraction of sp³-hybridized carbons (Fsp3) is 0.267. The van der Waals surface area contributed by atoms with E-state index in [-0.39, 0.29) is 5.82 Å². The Hall–Kier alpha value is -1.46. The number of pyridine rings is 1. The Bertz CT molecular complexity index is 560. The lowest BCUT2D eigenvalue weighted by Crippen LogP contribution is -2.12. The first-order valence-corrected chi connectivity index (χ1v) is 7.20. The molecule has 0 radical (unpaired) electrons. The topological polar surface area (TPSA) is 34.1 Å². The molecule has 0 bridgehead atoms. The van der Waals surface area contributed by atoms with Crippen molar-refractivity contribution in [3.8, 4) is 5.75 Å². The molecular formula is C15H16BrFN2O. The van der Waals surface area contributed by atoms with Crippen LogP contribution in [0.1, 0.15) is 18.2 Å². The van der Waals surface area contributed by atoms with Crippen LogP contribution in [-0.4, -0.2) is 11.5 Å². The van der Waals surface area contributed by atoms with Gasteiger partial charge in [0.15, 0.2) is 0 Å². The molecule has 2 aromatic rings. The van der Waals surface area contributed by atoms with Gasteiger partial charge in [-0.1, -0.05) is 28.9 Å². The average molecular weight is 339 g/mol. The lowest BCUT2D eigenvalue weighted by atomic mass is 10.2. The molecule has 1 aromatic carbocycles. The molecule has 0 aliphatic carbocycles. The molecule has 0 unspecified atom stereocenters. The van der Waals surface area contributed by atoms with Gasteiger partial charge in [-0.25, -0.2) is 4.39 Å². The third kappa shape index (κ3) is 4.28. The van der Waals surface area contributed by atoms with Crippen LogP contribution < -0.4 is 10.1 Å². The third-order valence-electron chi connectivity index (χ3n) is 2.76. The molecular weight excluding hydrogens is 323 g/mol. The molecule has 0 fully saturated rings. The average Bonchev–Trinajstić information content (AvgIpc) is 2.45. The van der Waals surface area contributed by atoms with Crippen LogP contribution in [-0.2, 0) is 13.2 Å². The molecule has 2 rings (SSSR count). The van der Waals surface area contributed by atoms with Crippen LogP contribution in [0.3, 0.4) is 0 Å². The van der Waals surface area contributed by atoms with E-state index in [2.05, 4.69) is 33.2 Å². The maximum absolute atomic E-state index is 13.0. The zero-order valence-electron chi connectivity index (χ0n) is 11.2. The molecule has 1 heterocycles. The molecule has 0 spiro atoms. The first-order chi connectivity index (χ1) is 9.69. The normalized spacial score (nSPS) is 10.6. The van der Waals surface area contributed by atoms with Crippen LogP contribution in [0.2, 0.25) is 0 Å². The summed E-state index contributed by atoms with van der Waals surface area (Å²) < 4.78 is 19.3. The molecule has 5 heteroatoms. The van der Waals surface area contributed by atoms with Crippen molar-refractivity contribution < 1.29 is 9.13 Å². The van der Waals surface area contributed by atoms with E-state index in [0.717, 1.165) is 24.3 Å². The maximum atomic E-state index is 13.0. The molecule has 0 atom stereocenters. The zero-order valence-corrected chi connectivity index (χ0v) is 12.8. The van der Waals surface area contributed by atoms with Crippen LogP contribution >= 0.6 is 15.9 Å². The van der Waals surface area contributed by atoms with E-state index in [1.807, 2.05) is 12.1 Å². The fourth-order valence-electron chi connectivity index (χ4n) is 1.65. The van der Waals surface area contributed by atoms with Gasteiger partial charge in [-0.3, -0.25) is 4.98 Å². The van der Waals surface area contributed by atoms with E-state index in [0.29, 0.717) is 16.8 Å². The second-order valence-electron chi connectivity index (χ2n) is 4.29. The van der Waals surface area contributed by atoms with Gasteiger partial charge >= 0.3 is 0 Å². The van der Waals surface area contributed by atoms with E-state index in [4.69, 9.17) is 4.74 Å². The molecule has 0 aliphatic heterocycles. The second-order valence-corrected chi connectivity index (χ2v) is 5.14. The van der Waals surface area contributed by atoms with Crippen molar-refractivity contribution in [3.05, 3.63) is 58.1 Å². The van der Waals surface area contributed by atoms with E-state index < -0.39 is 0 Å². The Kier molecular flexibility index (Phi) is 5.49. The number of nitrogens with one attached hydrogen (secondary N) is 1. The van der Waals surface area contributed by atoms with Gasteiger partial charge in [0.1, 0.15) is 18.2 Å². The van der Waals surface area contributed by atoms with Gasteiger partial charge in [-0.05, 0) is 30.8 Å². The van der Waals surface area contributed by atoms with Gasteiger partial charge in [0.25, 0.3) is 0 Å². The Morgan fingerprint density at radius 2 is 2.15 bits per heavy atom. The summed E-state index contributed by atoms with van der Waals surface area (Å²) in [5.41, 5.74) is 1.87. The van der Waals surface area contributed by atoms with Gasteiger partial charge < -0.3 is 10.1 Å². The van der Waals surface area contributed by atoms with Crippen molar-refractivity contribution in [1.29, 1.82) is 0 Å². The van der Waals surface area contributed by atoms with E-state index in [1.165, 1.54) is 12.1 Å². The minimum Gasteiger partial charge on any atom is -0.487 e. The SMILES string of the molecule is CCNCc1ccc(OCc2ccc(F)cc2Br)cn1. The van der Waals surface area contributed by atoms with Crippen LogP contribution in [0.4, 0.5) is 4.39 Å². The third-order valence-corrected chi connectivity index (χ3v) is 3.50. The van der Waals surface area contributed by atoms with Crippen molar-refractivity contribution in [3.63, 3.8) is 0 Å². The molecule has 0 amide bonds. The molecule has 1 N–H and O–H groups in total. The maximum Gasteiger partial charge on any atom is 0.138 e.